The van der Waals surface area contributed by atoms with Gasteiger partial charge >= 0.3 is 11.8 Å². The number of nitro groups is 1. The summed E-state index contributed by atoms with van der Waals surface area (Å²) in [5.41, 5.74) is 0.901. The van der Waals surface area contributed by atoms with Crippen LogP contribution in [0.25, 0.3) is 10.9 Å². The average molecular weight is 326 g/mol. The Morgan fingerprint density at radius 3 is 2.88 bits per heavy atom. The second kappa shape index (κ2) is 6.45. The first kappa shape index (κ1) is 15.6. The van der Waals surface area contributed by atoms with E-state index in [-0.39, 0.29) is 24.7 Å². The molecule has 2 heterocycles. The lowest BCUT2D eigenvalue weighted by molar-refractivity contribution is -0.392. The predicted molar refractivity (Wildman–Crippen MR) is 85.6 cm³/mol. The molecule has 0 N–H and O–H groups in total. The molecule has 0 radical (unpaired) electrons. The van der Waals surface area contributed by atoms with Crippen molar-refractivity contribution in [3.8, 4) is 0 Å². The molecule has 0 aliphatic rings. The Morgan fingerprint density at radius 1 is 1.29 bits per heavy atom. The Kier molecular flexibility index (Phi) is 4.19. The highest BCUT2D eigenvalue weighted by molar-refractivity contribution is 5.90. The smallest absolute Gasteiger partial charge is 0.357 e. The number of hydrogen-bond acceptors (Lipinski definition) is 6. The SMILES string of the molecule is Cc1ncc([N+](=O)[O-])n1CCOC(=O)c1ccc2ccccc2n1. The van der Waals surface area contributed by atoms with Crippen molar-refractivity contribution in [2.75, 3.05) is 6.61 Å². The van der Waals surface area contributed by atoms with E-state index in [0.29, 0.717) is 11.3 Å². The van der Waals surface area contributed by atoms with Crippen LogP contribution in [0, 0.1) is 17.0 Å². The molecule has 2 aromatic heterocycles. The number of nitrogens with zero attached hydrogens (tertiary/aromatic N) is 4. The minimum absolute atomic E-state index is 0.00855. The van der Waals surface area contributed by atoms with E-state index in [1.807, 2.05) is 24.3 Å². The summed E-state index contributed by atoms with van der Waals surface area (Å²) in [5.74, 6) is -0.213. The molecular formula is C16H14N4O4. The fraction of sp³-hybridized carbons (Fsp3) is 0.188. The van der Waals surface area contributed by atoms with Crippen molar-refractivity contribution >= 4 is 22.7 Å². The van der Waals surface area contributed by atoms with Gasteiger partial charge in [0, 0.05) is 12.3 Å². The molecule has 3 rings (SSSR count). The molecule has 1 aromatic carbocycles. The van der Waals surface area contributed by atoms with Crippen LogP contribution in [0.15, 0.2) is 42.6 Å². The van der Waals surface area contributed by atoms with Crippen LogP contribution in [0.2, 0.25) is 0 Å². The molecule has 0 aliphatic heterocycles. The highest BCUT2D eigenvalue weighted by Gasteiger charge is 2.18. The van der Waals surface area contributed by atoms with Crippen molar-refractivity contribution in [2.24, 2.45) is 0 Å². The summed E-state index contributed by atoms with van der Waals surface area (Å²) in [6.45, 7) is 1.80. The highest BCUT2D eigenvalue weighted by Crippen LogP contribution is 2.14. The number of rotatable bonds is 5. The third kappa shape index (κ3) is 3.07. The van der Waals surface area contributed by atoms with Gasteiger partial charge in [-0.2, -0.15) is 0 Å². The molecule has 24 heavy (non-hydrogen) atoms. The summed E-state index contributed by atoms with van der Waals surface area (Å²) in [6.07, 6.45) is 1.18. The second-order valence-electron chi connectivity index (χ2n) is 5.10. The van der Waals surface area contributed by atoms with E-state index in [4.69, 9.17) is 4.74 Å². The van der Waals surface area contributed by atoms with E-state index in [9.17, 15) is 14.9 Å². The lowest BCUT2D eigenvalue weighted by Crippen LogP contribution is -2.14. The minimum Gasteiger partial charge on any atom is -0.457 e. The van der Waals surface area contributed by atoms with E-state index in [1.165, 1.54) is 10.8 Å². The number of benzene rings is 1. The van der Waals surface area contributed by atoms with Crippen molar-refractivity contribution in [1.82, 2.24) is 14.5 Å². The molecule has 3 aromatic rings. The van der Waals surface area contributed by atoms with Crippen LogP contribution in [-0.4, -0.2) is 32.0 Å². The zero-order chi connectivity index (χ0) is 17.1. The van der Waals surface area contributed by atoms with Gasteiger partial charge < -0.3 is 14.9 Å². The molecule has 0 spiro atoms. The molecule has 8 heteroatoms. The largest absolute Gasteiger partial charge is 0.457 e. The van der Waals surface area contributed by atoms with Gasteiger partial charge in [0.1, 0.15) is 25.0 Å². The van der Waals surface area contributed by atoms with Crippen molar-refractivity contribution in [3.05, 3.63) is 64.2 Å². The van der Waals surface area contributed by atoms with Crippen molar-refractivity contribution in [3.63, 3.8) is 0 Å². The maximum Gasteiger partial charge on any atom is 0.357 e. The van der Waals surface area contributed by atoms with Gasteiger partial charge in [0.25, 0.3) is 0 Å². The van der Waals surface area contributed by atoms with E-state index in [2.05, 4.69) is 9.97 Å². The molecule has 0 saturated carbocycles. The van der Waals surface area contributed by atoms with Gasteiger partial charge in [0.15, 0.2) is 5.82 Å². The number of carbonyl (C=O) groups excluding carboxylic acids is 1. The summed E-state index contributed by atoms with van der Waals surface area (Å²) in [6, 6.07) is 10.8. The van der Waals surface area contributed by atoms with Crippen molar-refractivity contribution in [1.29, 1.82) is 0 Å². The Hall–Kier alpha value is -3.29. The first-order chi connectivity index (χ1) is 11.6. The zero-order valence-electron chi connectivity index (χ0n) is 12.9. The van der Waals surface area contributed by atoms with Crippen LogP contribution in [0.1, 0.15) is 16.3 Å². The molecule has 0 unspecified atom stereocenters. The monoisotopic (exact) mass is 326 g/mol. The zero-order valence-corrected chi connectivity index (χ0v) is 12.9. The lowest BCUT2D eigenvalue weighted by Gasteiger charge is -2.06. The van der Waals surface area contributed by atoms with Crippen LogP contribution in [0.3, 0.4) is 0 Å². The summed E-state index contributed by atoms with van der Waals surface area (Å²) < 4.78 is 6.56. The third-order valence-electron chi connectivity index (χ3n) is 3.58. The average Bonchev–Trinajstić information content (AvgIpc) is 2.95. The van der Waals surface area contributed by atoms with Gasteiger partial charge in [-0.25, -0.2) is 19.3 Å². The first-order valence-corrected chi connectivity index (χ1v) is 7.25. The van der Waals surface area contributed by atoms with Gasteiger partial charge in [-0.1, -0.05) is 24.3 Å². The molecule has 8 nitrogen and oxygen atoms in total. The molecular weight excluding hydrogens is 312 g/mol. The van der Waals surface area contributed by atoms with E-state index in [0.717, 1.165) is 5.39 Å². The summed E-state index contributed by atoms with van der Waals surface area (Å²) >= 11 is 0. The van der Waals surface area contributed by atoms with Gasteiger partial charge in [0.05, 0.1) is 5.52 Å². The van der Waals surface area contributed by atoms with Crippen LogP contribution in [-0.2, 0) is 11.3 Å². The normalized spacial score (nSPS) is 10.7. The Bertz CT molecular complexity index is 919. The Morgan fingerprint density at radius 2 is 2.08 bits per heavy atom. The Labute approximate surface area is 136 Å². The summed E-state index contributed by atoms with van der Waals surface area (Å²) in [7, 11) is 0. The van der Waals surface area contributed by atoms with Crippen LogP contribution >= 0.6 is 0 Å². The number of hydrogen-bond donors (Lipinski definition) is 0. The third-order valence-corrected chi connectivity index (χ3v) is 3.58. The molecule has 0 saturated heterocycles. The van der Waals surface area contributed by atoms with Gasteiger partial charge in [0.2, 0.25) is 0 Å². The number of aromatic nitrogens is 3. The molecule has 0 bridgehead atoms. The number of fused-ring (bicyclic) bond motifs is 1. The maximum atomic E-state index is 12.1. The molecule has 0 fully saturated rings. The number of esters is 1. The second-order valence-corrected chi connectivity index (χ2v) is 5.10. The van der Waals surface area contributed by atoms with Crippen LogP contribution in [0.4, 0.5) is 5.82 Å². The minimum atomic E-state index is -0.568. The number of aryl methyl sites for hydroxylation is 1. The quantitative estimate of drug-likeness (QED) is 0.406. The highest BCUT2D eigenvalue weighted by atomic mass is 16.6. The van der Waals surface area contributed by atoms with Gasteiger partial charge in [-0.3, -0.25) is 0 Å². The van der Waals surface area contributed by atoms with Crippen molar-refractivity contribution < 1.29 is 14.5 Å². The summed E-state index contributed by atoms with van der Waals surface area (Å²) in [5, 5.41) is 11.8. The molecule has 0 atom stereocenters. The topological polar surface area (TPSA) is 100 Å². The predicted octanol–water partition coefficient (Wildman–Crippen LogP) is 2.50. The molecule has 122 valence electrons. The van der Waals surface area contributed by atoms with Crippen LogP contribution < -0.4 is 0 Å². The standard InChI is InChI=1S/C16H14N4O4/c1-11-17-10-15(20(22)23)19(11)8-9-24-16(21)14-7-6-12-4-2-3-5-13(12)18-14/h2-7,10H,8-9H2,1H3. The number of pyridine rings is 1. The van der Waals surface area contributed by atoms with Gasteiger partial charge in [-0.05, 0) is 17.1 Å². The Balaban J connectivity index is 1.67. The van der Waals surface area contributed by atoms with E-state index < -0.39 is 10.9 Å². The first-order valence-electron chi connectivity index (χ1n) is 7.25. The lowest BCUT2D eigenvalue weighted by atomic mass is 10.2. The fourth-order valence-electron chi connectivity index (χ4n) is 2.36. The van der Waals surface area contributed by atoms with E-state index in [1.54, 1.807) is 19.1 Å². The molecule has 0 aliphatic carbocycles. The number of para-hydroxylation sites is 1. The number of ether oxygens (including phenoxy) is 1. The maximum absolute atomic E-state index is 12.1. The van der Waals surface area contributed by atoms with Gasteiger partial charge in [-0.15, -0.1) is 0 Å². The summed E-state index contributed by atoms with van der Waals surface area (Å²) in [4.78, 5) is 30.6. The number of imidazole rings is 1. The molecule has 0 amide bonds. The van der Waals surface area contributed by atoms with Crippen molar-refractivity contribution in [2.45, 2.75) is 13.5 Å². The number of carbonyl (C=O) groups is 1. The van der Waals surface area contributed by atoms with E-state index >= 15 is 0 Å². The van der Waals surface area contributed by atoms with Crippen LogP contribution in [0.5, 0.6) is 0 Å². The fourth-order valence-corrected chi connectivity index (χ4v) is 2.36.